The largest absolute Gasteiger partial charge is 0.466 e. The Morgan fingerprint density at radius 2 is 1.69 bits per heavy atom. The van der Waals surface area contributed by atoms with Crippen LogP contribution in [0.1, 0.15) is 86.3 Å². The van der Waals surface area contributed by atoms with Crippen LogP contribution in [0.4, 0.5) is 4.39 Å². The Hall–Kier alpha value is -2.86. The minimum absolute atomic E-state index is 0.0372. The highest BCUT2D eigenvalue weighted by molar-refractivity contribution is 5.69. The summed E-state index contributed by atoms with van der Waals surface area (Å²) in [5.41, 5.74) is 1.76. The van der Waals surface area contributed by atoms with E-state index < -0.39 is 60.0 Å². The number of halogens is 1. The van der Waals surface area contributed by atoms with Crippen molar-refractivity contribution in [3.05, 3.63) is 67.8 Å². The van der Waals surface area contributed by atoms with Crippen LogP contribution < -0.4 is 11.2 Å². The van der Waals surface area contributed by atoms with Crippen LogP contribution in [0.3, 0.4) is 0 Å². The first-order valence-corrected chi connectivity index (χ1v) is 14.6. The molecule has 2 fully saturated rings. The minimum Gasteiger partial charge on any atom is -0.466 e. The zero-order chi connectivity index (χ0) is 31.0. The molecule has 1 N–H and O–H groups in total. The number of esters is 1. The Balaban J connectivity index is 1.75. The van der Waals surface area contributed by atoms with E-state index in [1.54, 1.807) is 19.9 Å². The van der Waals surface area contributed by atoms with Crippen LogP contribution in [0.2, 0.25) is 0 Å². The van der Waals surface area contributed by atoms with E-state index in [0.29, 0.717) is 0 Å². The number of carbonyl (C=O) groups is 1. The molecule has 2 aliphatic rings. The van der Waals surface area contributed by atoms with E-state index in [1.807, 2.05) is 6.92 Å². The number of hydrogen-bond acceptors (Lipinski definition) is 8. The SMILES string of the molecule is CCOC(=O)CCC1(C)OC2C(CO)OC(n3cc(F)c(=O)n(CC=C(C)CCC=C(C)CCC=C(C)C)c3=O)C2O1. The summed E-state index contributed by atoms with van der Waals surface area (Å²) in [5, 5.41) is 9.91. The molecular formula is C31H45FN2O8. The van der Waals surface area contributed by atoms with Crippen LogP contribution in [-0.2, 0) is 30.3 Å². The standard InChI is InChI=1S/C31H45FN2O8/c1-7-39-25(36)14-16-31(6)41-26-24(19-35)40-29(27(26)42-31)34-18-23(32)28(37)33(30(34)38)17-15-22(5)13-9-12-21(4)11-8-10-20(2)3/h10,12,15,18,24,26-27,29,35H,7-9,11,13-14,16-17,19H2,1-6H3. The number of ether oxygens (including phenoxy) is 4. The number of aliphatic hydroxyl groups is 1. The zero-order valence-electron chi connectivity index (χ0n) is 25.6. The molecule has 5 atom stereocenters. The first-order chi connectivity index (χ1) is 19.9. The molecule has 0 aliphatic carbocycles. The van der Waals surface area contributed by atoms with Crippen molar-refractivity contribution in [3.63, 3.8) is 0 Å². The van der Waals surface area contributed by atoms with Gasteiger partial charge in [-0.25, -0.2) is 4.79 Å². The molecule has 10 nitrogen and oxygen atoms in total. The lowest BCUT2D eigenvalue weighted by Crippen LogP contribution is -2.44. The van der Waals surface area contributed by atoms with Gasteiger partial charge < -0.3 is 24.1 Å². The first-order valence-electron chi connectivity index (χ1n) is 14.6. The fourth-order valence-electron chi connectivity index (χ4n) is 5.15. The van der Waals surface area contributed by atoms with Gasteiger partial charge in [-0.3, -0.25) is 18.7 Å². The van der Waals surface area contributed by atoms with Gasteiger partial charge >= 0.3 is 11.7 Å². The van der Waals surface area contributed by atoms with Gasteiger partial charge in [0.05, 0.1) is 25.8 Å². The van der Waals surface area contributed by atoms with Gasteiger partial charge in [-0.15, -0.1) is 0 Å². The van der Waals surface area contributed by atoms with Crippen molar-refractivity contribution in [1.82, 2.24) is 9.13 Å². The normalized spacial score (nSPS) is 25.9. The molecule has 0 saturated carbocycles. The molecule has 42 heavy (non-hydrogen) atoms. The van der Waals surface area contributed by atoms with Crippen molar-refractivity contribution in [2.75, 3.05) is 13.2 Å². The number of aromatic nitrogens is 2. The van der Waals surface area contributed by atoms with Gasteiger partial charge in [-0.1, -0.05) is 34.9 Å². The molecule has 0 spiro atoms. The van der Waals surface area contributed by atoms with E-state index in [2.05, 4.69) is 32.9 Å². The lowest BCUT2D eigenvalue weighted by atomic mass is 10.1. The Morgan fingerprint density at radius 3 is 2.33 bits per heavy atom. The Morgan fingerprint density at radius 1 is 1.05 bits per heavy atom. The van der Waals surface area contributed by atoms with Crippen LogP contribution in [0.25, 0.3) is 0 Å². The van der Waals surface area contributed by atoms with Crippen LogP contribution in [0, 0.1) is 5.82 Å². The van der Waals surface area contributed by atoms with Crippen molar-refractivity contribution in [1.29, 1.82) is 0 Å². The van der Waals surface area contributed by atoms with Gasteiger partial charge in [-0.05, 0) is 67.2 Å². The van der Waals surface area contributed by atoms with Gasteiger partial charge in [0.25, 0.3) is 5.56 Å². The molecule has 5 unspecified atom stereocenters. The Kier molecular flexibility index (Phi) is 12.0. The number of allylic oxidation sites excluding steroid dienone is 6. The number of nitrogens with zero attached hydrogens (tertiary/aromatic N) is 2. The Labute approximate surface area is 246 Å². The molecule has 0 radical (unpaired) electrons. The fourth-order valence-corrected chi connectivity index (χ4v) is 5.15. The minimum atomic E-state index is -1.22. The van der Waals surface area contributed by atoms with E-state index in [-0.39, 0.29) is 26.0 Å². The summed E-state index contributed by atoms with van der Waals surface area (Å²) in [6.07, 6.45) is 7.03. The summed E-state index contributed by atoms with van der Waals surface area (Å²) in [4.78, 5) is 37.9. The maximum atomic E-state index is 14.8. The van der Waals surface area contributed by atoms with Gasteiger partial charge in [0.15, 0.2) is 12.0 Å². The highest BCUT2D eigenvalue weighted by Gasteiger charge is 2.57. The molecule has 3 heterocycles. The van der Waals surface area contributed by atoms with Crippen LogP contribution in [0.5, 0.6) is 0 Å². The summed E-state index contributed by atoms with van der Waals surface area (Å²) in [6, 6.07) is 0. The molecule has 1 aromatic rings. The highest BCUT2D eigenvalue weighted by Crippen LogP contribution is 2.44. The molecule has 1 aromatic heterocycles. The number of carbonyl (C=O) groups excluding carboxylic acids is 1. The van der Waals surface area contributed by atoms with Crippen molar-refractivity contribution in [2.24, 2.45) is 0 Å². The summed E-state index contributed by atoms with van der Waals surface area (Å²) in [7, 11) is 0. The van der Waals surface area contributed by atoms with Gasteiger partial charge in [-0.2, -0.15) is 4.39 Å². The Bertz CT molecular complexity index is 1310. The summed E-state index contributed by atoms with van der Waals surface area (Å²) in [6.45, 7) is 11.2. The van der Waals surface area contributed by atoms with Gasteiger partial charge in [0.2, 0.25) is 5.82 Å². The fraction of sp³-hybridized carbons (Fsp3) is 0.645. The molecule has 0 amide bonds. The lowest BCUT2D eigenvalue weighted by molar-refractivity contribution is -0.215. The second kappa shape index (κ2) is 15.0. The van der Waals surface area contributed by atoms with E-state index in [9.17, 15) is 23.9 Å². The van der Waals surface area contributed by atoms with Gasteiger partial charge in [0.1, 0.15) is 18.3 Å². The lowest BCUT2D eigenvalue weighted by Gasteiger charge is -2.27. The second-order valence-electron chi connectivity index (χ2n) is 11.4. The van der Waals surface area contributed by atoms with Crippen LogP contribution in [0.15, 0.2) is 50.7 Å². The number of rotatable bonds is 14. The monoisotopic (exact) mass is 592 g/mol. The van der Waals surface area contributed by atoms with E-state index in [4.69, 9.17) is 18.9 Å². The van der Waals surface area contributed by atoms with E-state index in [1.165, 1.54) is 11.1 Å². The molecule has 234 valence electrons. The average molecular weight is 593 g/mol. The molecule has 3 rings (SSSR count). The first kappa shape index (κ1) is 33.6. The van der Waals surface area contributed by atoms with Crippen LogP contribution in [-0.4, -0.2) is 57.5 Å². The smallest absolute Gasteiger partial charge is 0.333 e. The molecule has 2 saturated heterocycles. The second-order valence-corrected chi connectivity index (χ2v) is 11.4. The van der Waals surface area contributed by atoms with Crippen LogP contribution >= 0.6 is 0 Å². The average Bonchev–Trinajstić information content (AvgIpc) is 3.44. The molecule has 2 aliphatic heterocycles. The summed E-state index contributed by atoms with van der Waals surface area (Å²) >= 11 is 0. The quantitative estimate of drug-likeness (QED) is 0.251. The van der Waals surface area contributed by atoms with Crippen molar-refractivity contribution in [2.45, 2.75) is 117 Å². The van der Waals surface area contributed by atoms with Crippen molar-refractivity contribution in [3.8, 4) is 0 Å². The molecular weight excluding hydrogens is 547 g/mol. The predicted octanol–water partition coefficient (Wildman–Crippen LogP) is 4.30. The predicted molar refractivity (Wildman–Crippen MR) is 155 cm³/mol. The third kappa shape index (κ3) is 8.59. The summed E-state index contributed by atoms with van der Waals surface area (Å²) in [5.74, 6) is -2.74. The van der Waals surface area contributed by atoms with Gasteiger partial charge in [0, 0.05) is 13.0 Å². The molecule has 11 heteroatoms. The topological polar surface area (TPSA) is 118 Å². The maximum absolute atomic E-state index is 14.8. The third-order valence-electron chi connectivity index (χ3n) is 7.50. The van der Waals surface area contributed by atoms with Crippen molar-refractivity contribution >= 4 is 5.97 Å². The molecule has 0 aromatic carbocycles. The highest BCUT2D eigenvalue weighted by atomic mass is 19.1. The maximum Gasteiger partial charge on any atom is 0.333 e. The summed E-state index contributed by atoms with van der Waals surface area (Å²) < 4.78 is 39.6. The molecule has 0 bridgehead atoms. The third-order valence-corrected chi connectivity index (χ3v) is 7.50. The number of fused-ring (bicyclic) bond motifs is 1. The number of hydrogen-bond donors (Lipinski definition) is 1. The number of aliphatic hydroxyl groups excluding tert-OH is 1. The van der Waals surface area contributed by atoms with E-state index in [0.717, 1.165) is 46.6 Å². The van der Waals surface area contributed by atoms with E-state index >= 15 is 0 Å². The zero-order valence-corrected chi connectivity index (χ0v) is 25.6. The van der Waals surface area contributed by atoms with Crippen molar-refractivity contribution < 1.29 is 33.2 Å².